The van der Waals surface area contributed by atoms with Crippen LogP contribution < -0.4 is 10.1 Å². The first-order valence-electron chi connectivity index (χ1n) is 7.07. The number of carbonyl (C=O) groups excluding carboxylic acids is 1. The average Bonchev–Trinajstić information content (AvgIpc) is 2.84. The van der Waals surface area contributed by atoms with Crippen LogP contribution in [0.1, 0.15) is 16.7 Å². The van der Waals surface area contributed by atoms with Crippen LogP contribution in [0.25, 0.3) is 0 Å². The second-order valence-corrected chi connectivity index (χ2v) is 6.14. The van der Waals surface area contributed by atoms with Gasteiger partial charge in [-0.2, -0.15) is 4.39 Å². The van der Waals surface area contributed by atoms with Gasteiger partial charge >= 0.3 is 11.9 Å². The highest BCUT2D eigenvalue weighted by molar-refractivity contribution is 6.35. The van der Waals surface area contributed by atoms with Crippen LogP contribution in [0.5, 0.6) is 5.88 Å². The van der Waals surface area contributed by atoms with E-state index in [0.717, 1.165) is 5.56 Å². The minimum absolute atomic E-state index is 0.0809. The first-order valence-corrected chi connectivity index (χ1v) is 7.83. The van der Waals surface area contributed by atoms with Crippen LogP contribution in [-0.2, 0) is 17.1 Å². The predicted octanol–water partition coefficient (Wildman–Crippen LogP) is 4.14. The first-order chi connectivity index (χ1) is 11.4. The zero-order chi connectivity index (χ0) is 17.3. The number of aryl methyl sites for hydroxylation is 1. The smallest absolute Gasteiger partial charge is 0.410 e. The third-order valence-corrected chi connectivity index (χ3v) is 4.17. The van der Waals surface area contributed by atoms with Crippen molar-refractivity contribution in [3.05, 3.63) is 57.2 Å². The van der Waals surface area contributed by atoms with Crippen molar-refractivity contribution in [2.24, 2.45) is 0 Å². The molecule has 0 radical (unpaired) electrons. The lowest BCUT2D eigenvalue weighted by atomic mass is 10.1. The number of pyridine rings is 1. The highest BCUT2D eigenvalue weighted by Crippen LogP contribution is 2.39. The van der Waals surface area contributed by atoms with E-state index in [1.165, 1.54) is 12.3 Å². The Hall–Kier alpha value is -2.05. The topological polar surface area (TPSA) is 60.5 Å². The van der Waals surface area contributed by atoms with Gasteiger partial charge < -0.3 is 14.8 Å². The molecule has 1 unspecified atom stereocenters. The third kappa shape index (κ3) is 3.25. The predicted molar refractivity (Wildman–Crippen MR) is 87.0 cm³/mol. The van der Waals surface area contributed by atoms with Crippen molar-refractivity contribution in [2.75, 3.05) is 6.61 Å². The van der Waals surface area contributed by atoms with Crippen LogP contribution in [0, 0.1) is 6.92 Å². The monoisotopic (exact) mass is 370 g/mol. The van der Waals surface area contributed by atoms with Crippen LogP contribution in [0.3, 0.4) is 0 Å². The number of fused-ring (bicyclic) bond motifs is 1. The Morgan fingerprint density at radius 1 is 1.50 bits per heavy atom. The van der Waals surface area contributed by atoms with E-state index in [1.54, 1.807) is 18.2 Å². The van der Waals surface area contributed by atoms with Gasteiger partial charge in [-0.3, -0.25) is 0 Å². The molecule has 3 rings (SSSR count). The van der Waals surface area contributed by atoms with Crippen molar-refractivity contribution in [2.45, 2.75) is 19.3 Å². The van der Waals surface area contributed by atoms with Crippen molar-refractivity contribution in [3.63, 3.8) is 0 Å². The summed E-state index contributed by atoms with van der Waals surface area (Å²) in [7, 11) is 0. The summed E-state index contributed by atoms with van der Waals surface area (Å²) in [5, 5.41) is 3.39. The summed E-state index contributed by atoms with van der Waals surface area (Å²) in [5.41, 5.74) is 1.57. The van der Waals surface area contributed by atoms with E-state index in [4.69, 9.17) is 32.7 Å². The molecule has 0 spiro atoms. The number of benzene rings is 1. The van der Waals surface area contributed by atoms with Gasteiger partial charge in [0.2, 0.25) is 5.88 Å². The Morgan fingerprint density at radius 3 is 3.04 bits per heavy atom. The van der Waals surface area contributed by atoms with Crippen LogP contribution in [-0.4, -0.2) is 17.7 Å². The number of nitrogens with zero attached hydrogens (tertiary/aromatic N) is 1. The summed E-state index contributed by atoms with van der Waals surface area (Å²) in [6.45, 7) is 1.45. The normalized spacial score (nSPS) is 18.7. The zero-order valence-corrected chi connectivity index (χ0v) is 14.1. The van der Waals surface area contributed by atoms with E-state index in [1.807, 2.05) is 6.92 Å². The molecule has 0 aliphatic carbocycles. The number of halogens is 3. The van der Waals surface area contributed by atoms with Crippen LogP contribution >= 0.6 is 23.2 Å². The van der Waals surface area contributed by atoms with Crippen molar-refractivity contribution in [1.29, 1.82) is 0 Å². The number of rotatable bonds is 3. The summed E-state index contributed by atoms with van der Waals surface area (Å²) >= 11 is 12.0. The molecule has 0 fully saturated rings. The molecule has 24 heavy (non-hydrogen) atoms. The lowest BCUT2D eigenvalue weighted by molar-refractivity contribution is -0.110. The number of carbonyl (C=O) groups is 1. The van der Waals surface area contributed by atoms with Gasteiger partial charge in [-0.05, 0) is 42.3 Å². The molecule has 5 nitrogen and oxygen atoms in total. The third-order valence-electron chi connectivity index (χ3n) is 3.62. The van der Waals surface area contributed by atoms with Gasteiger partial charge in [-0.15, -0.1) is 0 Å². The first kappa shape index (κ1) is 16.8. The number of ether oxygens (including phenoxy) is 2. The molecule has 2 aromatic rings. The summed E-state index contributed by atoms with van der Waals surface area (Å²) in [6, 6.07) is 6.30. The van der Waals surface area contributed by atoms with Gasteiger partial charge in [0.05, 0.1) is 5.56 Å². The Bertz CT molecular complexity index is 780. The van der Waals surface area contributed by atoms with E-state index >= 15 is 0 Å². The fourth-order valence-electron chi connectivity index (χ4n) is 2.41. The molecule has 1 N–H and O–H groups in total. The minimum atomic E-state index is -2.37. The standard InChI is InChI=1S/C16H13Cl2FN2O3/c1-9-5-10(17)6-13(18)11(9)7-21-15(22)24-16(19)8-23-14-12(16)3-2-4-20-14/h2-6H,7-8H2,1H3,(H,21,22). The van der Waals surface area contributed by atoms with E-state index in [9.17, 15) is 9.18 Å². The second-order valence-electron chi connectivity index (χ2n) is 5.30. The Balaban J connectivity index is 1.67. The summed E-state index contributed by atoms with van der Waals surface area (Å²) in [6.07, 6.45) is 0.541. The molecule has 0 saturated heterocycles. The van der Waals surface area contributed by atoms with Crippen molar-refractivity contribution in [3.8, 4) is 5.88 Å². The highest BCUT2D eigenvalue weighted by Gasteiger charge is 2.46. The molecule has 1 aromatic heterocycles. The molecule has 1 amide bonds. The molecule has 1 atom stereocenters. The largest absolute Gasteiger partial charge is 0.470 e. The molecule has 8 heteroatoms. The summed E-state index contributed by atoms with van der Waals surface area (Å²) < 4.78 is 24.8. The summed E-state index contributed by atoms with van der Waals surface area (Å²) in [5.74, 6) is -2.25. The molecule has 1 aromatic carbocycles. The molecule has 0 bridgehead atoms. The van der Waals surface area contributed by atoms with Crippen LogP contribution in [0.4, 0.5) is 9.18 Å². The number of alkyl halides is 1. The fraction of sp³-hybridized carbons (Fsp3) is 0.250. The van der Waals surface area contributed by atoms with Crippen molar-refractivity contribution < 1.29 is 18.7 Å². The van der Waals surface area contributed by atoms with Crippen molar-refractivity contribution >= 4 is 29.3 Å². The van der Waals surface area contributed by atoms with Crippen LogP contribution in [0.15, 0.2) is 30.5 Å². The Morgan fingerprint density at radius 2 is 2.29 bits per heavy atom. The SMILES string of the molecule is Cc1cc(Cl)cc(Cl)c1CNC(=O)OC1(F)COc2ncccc21. The van der Waals surface area contributed by atoms with Crippen LogP contribution in [0.2, 0.25) is 10.0 Å². The average molecular weight is 371 g/mol. The molecule has 1 aliphatic rings. The zero-order valence-electron chi connectivity index (χ0n) is 12.6. The van der Waals surface area contributed by atoms with Crippen molar-refractivity contribution in [1.82, 2.24) is 10.3 Å². The molecular formula is C16H13Cl2FN2O3. The Kier molecular flexibility index (Phi) is 4.51. The molecule has 0 saturated carbocycles. The van der Waals surface area contributed by atoms with Gasteiger partial charge in [-0.1, -0.05) is 23.2 Å². The lowest BCUT2D eigenvalue weighted by Crippen LogP contribution is -2.35. The lowest BCUT2D eigenvalue weighted by Gasteiger charge is -2.19. The molecular weight excluding hydrogens is 358 g/mol. The molecule has 2 heterocycles. The maximum absolute atomic E-state index is 14.8. The highest BCUT2D eigenvalue weighted by atomic mass is 35.5. The summed E-state index contributed by atoms with van der Waals surface area (Å²) in [4.78, 5) is 15.8. The number of hydrogen-bond donors (Lipinski definition) is 1. The van der Waals surface area contributed by atoms with Gasteiger partial charge in [0.25, 0.3) is 0 Å². The minimum Gasteiger partial charge on any atom is -0.470 e. The van der Waals surface area contributed by atoms with E-state index in [0.29, 0.717) is 15.6 Å². The van der Waals surface area contributed by atoms with E-state index in [-0.39, 0.29) is 18.0 Å². The van der Waals surface area contributed by atoms with Gasteiger partial charge in [0.15, 0.2) is 6.61 Å². The molecule has 1 aliphatic heterocycles. The Labute approximate surface area is 147 Å². The number of aromatic nitrogens is 1. The quantitative estimate of drug-likeness (QED) is 0.881. The number of nitrogens with one attached hydrogen (secondary N) is 1. The maximum Gasteiger partial charge on any atom is 0.410 e. The molecule has 126 valence electrons. The van der Waals surface area contributed by atoms with Gasteiger partial charge in [0.1, 0.15) is 0 Å². The number of amides is 1. The van der Waals surface area contributed by atoms with Gasteiger partial charge in [0, 0.05) is 22.8 Å². The number of hydrogen-bond acceptors (Lipinski definition) is 4. The number of alkyl carbamates (subject to hydrolysis) is 1. The fourth-order valence-corrected chi connectivity index (χ4v) is 3.07. The van der Waals surface area contributed by atoms with Gasteiger partial charge in [-0.25, -0.2) is 9.78 Å². The second kappa shape index (κ2) is 6.45. The van der Waals surface area contributed by atoms with E-state index < -0.39 is 18.6 Å². The maximum atomic E-state index is 14.8. The van der Waals surface area contributed by atoms with E-state index in [2.05, 4.69) is 10.3 Å².